The number of carbonyl (C=O) groups excluding carboxylic acids is 1. The van der Waals surface area contributed by atoms with Gasteiger partial charge in [0, 0.05) is 11.1 Å². The molecule has 0 bridgehead atoms. The molecule has 1 heterocycles. The summed E-state index contributed by atoms with van der Waals surface area (Å²) in [5, 5.41) is 3.03. The lowest BCUT2D eigenvalue weighted by Gasteiger charge is -2.39. The predicted molar refractivity (Wildman–Crippen MR) is 84.4 cm³/mol. The van der Waals surface area contributed by atoms with Gasteiger partial charge in [-0.05, 0) is 51.2 Å². The smallest absolute Gasteiger partial charge is 0.410 e. The fourth-order valence-electron chi connectivity index (χ4n) is 3.03. The van der Waals surface area contributed by atoms with Crippen molar-refractivity contribution in [3.8, 4) is 5.75 Å². The Morgan fingerprint density at radius 2 is 1.95 bits per heavy atom. The lowest BCUT2D eigenvalue weighted by atomic mass is 9.79. The van der Waals surface area contributed by atoms with Gasteiger partial charge in [0.15, 0.2) is 0 Å². The van der Waals surface area contributed by atoms with Gasteiger partial charge >= 0.3 is 6.09 Å². The predicted octanol–water partition coefficient (Wildman–Crippen LogP) is 3.47. The highest BCUT2D eigenvalue weighted by Gasteiger charge is 2.39. The summed E-state index contributed by atoms with van der Waals surface area (Å²) in [4.78, 5) is 11.8. The molecule has 116 valence electrons. The number of ether oxygens (including phenoxy) is 1. The first-order chi connectivity index (χ1) is 9.81. The van der Waals surface area contributed by atoms with Crippen LogP contribution >= 0.6 is 0 Å². The third-order valence-corrected chi connectivity index (χ3v) is 4.38. The molecule has 3 N–H and O–H groups in total. The van der Waals surface area contributed by atoms with E-state index in [9.17, 15) is 4.79 Å². The summed E-state index contributed by atoms with van der Waals surface area (Å²) in [7, 11) is 0. The maximum atomic E-state index is 11.8. The highest BCUT2D eigenvalue weighted by molar-refractivity contribution is 5.76. The minimum Gasteiger partial charge on any atom is -0.410 e. The van der Waals surface area contributed by atoms with Crippen molar-refractivity contribution < 1.29 is 9.53 Å². The quantitative estimate of drug-likeness (QED) is 0.872. The lowest BCUT2D eigenvalue weighted by Crippen LogP contribution is -2.50. The third kappa shape index (κ3) is 3.21. The molecule has 1 aromatic rings. The molecular formula is C17H26N2O2. The van der Waals surface area contributed by atoms with E-state index in [4.69, 9.17) is 10.5 Å². The van der Waals surface area contributed by atoms with Crippen molar-refractivity contribution in [2.75, 3.05) is 0 Å². The number of nitrogens with two attached hydrogens (primary N) is 1. The van der Waals surface area contributed by atoms with Crippen molar-refractivity contribution in [2.45, 2.75) is 64.5 Å². The van der Waals surface area contributed by atoms with Crippen LogP contribution in [0.25, 0.3) is 0 Å². The molecule has 4 nitrogen and oxygen atoms in total. The van der Waals surface area contributed by atoms with Gasteiger partial charge in [0.2, 0.25) is 0 Å². The molecule has 2 rings (SSSR count). The molecule has 1 aromatic carbocycles. The van der Waals surface area contributed by atoms with Crippen LogP contribution in [0.1, 0.15) is 58.1 Å². The Kier molecular flexibility index (Phi) is 4.28. The number of hydrogen-bond acceptors (Lipinski definition) is 3. The second kappa shape index (κ2) is 5.68. The van der Waals surface area contributed by atoms with Crippen molar-refractivity contribution in [2.24, 2.45) is 5.73 Å². The standard InChI is InChI=1S/C17H26N2O2/c1-5-17(6-2)14-12(10-11-16(3,4)18)8-7-9-13(14)21-15(20)19-17/h7-9H,5-6,10-11,18H2,1-4H3,(H,19,20). The van der Waals surface area contributed by atoms with E-state index in [2.05, 4.69) is 25.2 Å². The summed E-state index contributed by atoms with van der Waals surface area (Å²) in [6.07, 6.45) is 3.10. The molecule has 0 saturated heterocycles. The van der Waals surface area contributed by atoms with E-state index in [1.807, 2.05) is 26.0 Å². The number of benzene rings is 1. The van der Waals surface area contributed by atoms with E-state index in [1.54, 1.807) is 0 Å². The highest BCUT2D eigenvalue weighted by Crippen LogP contribution is 2.41. The van der Waals surface area contributed by atoms with Crippen LogP contribution in [-0.4, -0.2) is 11.6 Å². The van der Waals surface area contributed by atoms with E-state index >= 15 is 0 Å². The van der Waals surface area contributed by atoms with Gasteiger partial charge in [-0.2, -0.15) is 0 Å². The summed E-state index contributed by atoms with van der Waals surface area (Å²) < 4.78 is 5.38. The van der Waals surface area contributed by atoms with E-state index < -0.39 is 0 Å². The molecule has 4 heteroatoms. The SMILES string of the molecule is CCC1(CC)NC(=O)Oc2cccc(CCC(C)(C)N)c21. The fraction of sp³-hybridized carbons (Fsp3) is 0.588. The van der Waals surface area contributed by atoms with Crippen LogP contribution in [0.15, 0.2) is 18.2 Å². The average Bonchev–Trinajstić information content (AvgIpc) is 2.42. The average molecular weight is 290 g/mol. The van der Waals surface area contributed by atoms with Gasteiger partial charge in [-0.15, -0.1) is 0 Å². The Labute approximate surface area is 127 Å². The molecule has 0 aliphatic carbocycles. The lowest BCUT2D eigenvalue weighted by molar-refractivity contribution is 0.164. The van der Waals surface area contributed by atoms with E-state index in [1.165, 1.54) is 5.56 Å². The zero-order chi connectivity index (χ0) is 15.7. The van der Waals surface area contributed by atoms with Crippen molar-refractivity contribution in [3.05, 3.63) is 29.3 Å². The number of fused-ring (bicyclic) bond motifs is 1. The molecule has 0 atom stereocenters. The zero-order valence-electron chi connectivity index (χ0n) is 13.5. The van der Waals surface area contributed by atoms with Gasteiger partial charge < -0.3 is 15.8 Å². The van der Waals surface area contributed by atoms with Crippen LogP contribution in [0.4, 0.5) is 4.79 Å². The molecule has 0 unspecified atom stereocenters. The molecule has 1 aliphatic rings. The minimum atomic E-state index is -0.359. The fourth-order valence-corrected chi connectivity index (χ4v) is 3.03. The minimum absolute atomic E-state index is 0.206. The summed E-state index contributed by atoms with van der Waals surface area (Å²) in [5.41, 5.74) is 7.92. The van der Waals surface area contributed by atoms with Crippen LogP contribution in [-0.2, 0) is 12.0 Å². The first-order valence-electron chi connectivity index (χ1n) is 7.72. The summed E-state index contributed by atoms with van der Waals surface area (Å²) in [6, 6.07) is 5.95. The topological polar surface area (TPSA) is 64.3 Å². The molecule has 0 fully saturated rings. The molecule has 0 radical (unpaired) electrons. The Hall–Kier alpha value is -1.55. The molecular weight excluding hydrogens is 264 g/mol. The van der Waals surface area contributed by atoms with Crippen LogP contribution < -0.4 is 15.8 Å². The van der Waals surface area contributed by atoms with E-state index in [-0.39, 0.29) is 17.2 Å². The normalized spacial score (nSPS) is 16.9. The molecule has 1 amide bonds. The summed E-state index contributed by atoms with van der Waals surface area (Å²) in [6.45, 7) is 8.27. The number of rotatable bonds is 5. The molecule has 21 heavy (non-hydrogen) atoms. The van der Waals surface area contributed by atoms with Crippen LogP contribution in [0.3, 0.4) is 0 Å². The maximum absolute atomic E-state index is 11.8. The second-order valence-corrected chi connectivity index (χ2v) is 6.58. The molecule has 0 aromatic heterocycles. The molecule has 1 aliphatic heterocycles. The van der Waals surface area contributed by atoms with Crippen molar-refractivity contribution in [1.82, 2.24) is 5.32 Å². The maximum Gasteiger partial charge on any atom is 0.413 e. The van der Waals surface area contributed by atoms with Gasteiger partial charge in [0.05, 0.1) is 5.54 Å². The monoisotopic (exact) mass is 290 g/mol. The van der Waals surface area contributed by atoms with Crippen molar-refractivity contribution >= 4 is 6.09 Å². The molecule has 0 saturated carbocycles. The number of hydrogen-bond donors (Lipinski definition) is 2. The van der Waals surface area contributed by atoms with Gasteiger partial charge in [0.25, 0.3) is 0 Å². The zero-order valence-corrected chi connectivity index (χ0v) is 13.5. The molecule has 0 spiro atoms. The largest absolute Gasteiger partial charge is 0.413 e. The Balaban J connectivity index is 2.46. The van der Waals surface area contributed by atoms with Crippen molar-refractivity contribution in [1.29, 1.82) is 0 Å². The van der Waals surface area contributed by atoms with Crippen molar-refractivity contribution in [3.63, 3.8) is 0 Å². The van der Waals surface area contributed by atoms with Crippen LogP contribution in [0, 0.1) is 0 Å². The van der Waals surface area contributed by atoms with E-state index in [0.717, 1.165) is 31.2 Å². The number of nitrogens with one attached hydrogen (secondary N) is 1. The number of aryl methyl sites for hydroxylation is 1. The van der Waals surface area contributed by atoms with Crippen LogP contribution in [0.2, 0.25) is 0 Å². The highest BCUT2D eigenvalue weighted by atomic mass is 16.6. The second-order valence-electron chi connectivity index (χ2n) is 6.58. The number of carbonyl (C=O) groups is 1. The first kappa shape index (κ1) is 15.8. The van der Waals surface area contributed by atoms with Gasteiger partial charge in [-0.1, -0.05) is 26.0 Å². The van der Waals surface area contributed by atoms with Gasteiger partial charge in [0.1, 0.15) is 5.75 Å². The van der Waals surface area contributed by atoms with Gasteiger partial charge in [-0.25, -0.2) is 4.79 Å². The van der Waals surface area contributed by atoms with Gasteiger partial charge in [-0.3, -0.25) is 0 Å². The van der Waals surface area contributed by atoms with E-state index in [0.29, 0.717) is 5.75 Å². The van der Waals surface area contributed by atoms with Crippen LogP contribution in [0.5, 0.6) is 5.75 Å². The summed E-state index contributed by atoms with van der Waals surface area (Å²) >= 11 is 0. The number of amides is 1. The summed E-state index contributed by atoms with van der Waals surface area (Å²) in [5.74, 6) is 0.690. The first-order valence-corrected chi connectivity index (χ1v) is 7.72. The Morgan fingerprint density at radius 3 is 2.52 bits per heavy atom. The third-order valence-electron chi connectivity index (χ3n) is 4.38. The Morgan fingerprint density at radius 1 is 1.29 bits per heavy atom. The Bertz CT molecular complexity index is 528.